The van der Waals surface area contributed by atoms with Crippen molar-refractivity contribution in [1.82, 2.24) is 4.98 Å². The van der Waals surface area contributed by atoms with E-state index >= 15 is 0 Å². The molecule has 0 aromatic carbocycles. The molecule has 0 aliphatic carbocycles. The number of alkyl halides is 2. The number of rotatable bonds is 2. The molecule has 0 atom stereocenters. The van der Waals surface area contributed by atoms with Crippen LogP contribution in [0.25, 0.3) is 0 Å². The quantitative estimate of drug-likeness (QED) is 0.423. The molecule has 0 unspecified atom stereocenters. The zero-order valence-corrected chi connectivity index (χ0v) is 6.16. The van der Waals surface area contributed by atoms with E-state index in [1.165, 1.54) is 0 Å². The van der Waals surface area contributed by atoms with Crippen molar-refractivity contribution >= 4 is 0 Å². The van der Waals surface area contributed by atoms with Gasteiger partial charge in [-0.3, -0.25) is 14.9 Å². The van der Waals surface area contributed by atoms with Gasteiger partial charge >= 0.3 is 6.05 Å². The number of aromatic amines is 1. The fourth-order valence-electron chi connectivity index (χ4n) is 0.737. The topological polar surface area (TPSA) is 76.0 Å². The number of H-pyrrole nitrogens is 1. The molecule has 0 saturated heterocycles. The molecule has 0 bridgehead atoms. The molecule has 5 nitrogen and oxygen atoms in total. The van der Waals surface area contributed by atoms with Crippen LogP contribution in [-0.2, 0) is 6.05 Å². The maximum Gasteiger partial charge on any atom is 0.539 e. The summed E-state index contributed by atoms with van der Waals surface area (Å²) >= 11 is 0. The third kappa shape index (κ3) is 1.68. The summed E-state index contributed by atoms with van der Waals surface area (Å²) in [5.41, 5.74) is -1.74. The summed E-state index contributed by atoms with van der Waals surface area (Å²) in [6.45, 7) is 0. The van der Waals surface area contributed by atoms with Crippen LogP contribution in [0.5, 0.6) is 0 Å². The molecule has 0 spiro atoms. The van der Waals surface area contributed by atoms with Crippen molar-refractivity contribution in [3.8, 4) is 0 Å². The second-order valence-electron chi connectivity index (χ2n) is 2.24. The molecule has 1 aromatic rings. The van der Waals surface area contributed by atoms with Gasteiger partial charge in [0, 0.05) is 12.3 Å². The lowest BCUT2D eigenvalue weighted by molar-refractivity contribution is -0.656. The first kappa shape index (κ1) is 9.30. The van der Waals surface area contributed by atoms with E-state index < -0.39 is 22.1 Å². The Labute approximate surface area is 70.2 Å². The standard InChI is InChI=1S/C6H4F2N2O3/c7-6(8,10(12)13)4-1-2-9-5(11)3-4/h1-3H,(H,9,11). The molecule has 0 amide bonds. The van der Waals surface area contributed by atoms with Crippen LogP contribution in [0.3, 0.4) is 0 Å². The minimum atomic E-state index is -4.21. The molecule has 0 saturated carbocycles. The van der Waals surface area contributed by atoms with Gasteiger partial charge in [0.1, 0.15) is 10.5 Å². The van der Waals surface area contributed by atoms with Crippen LogP contribution in [0.1, 0.15) is 5.56 Å². The van der Waals surface area contributed by atoms with Crippen LogP contribution in [-0.4, -0.2) is 9.91 Å². The number of pyridine rings is 1. The Kier molecular flexibility index (Phi) is 2.09. The maximum absolute atomic E-state index is 12.6. The van der Waals surface area contributed by atoms with Gasteiger partial charge in [-0.15, -0.1) is 8.78 Å². The summed E-state index contributed by atoms with van der Waals surface area (Å²) in [4.78, 5) is 20.7. The Morgan fingerprint density at radius 3 is 2.62 bits per heavy atom. The summed E-state index contributed by atoms with van der Waals surface area (Å²) in [6, 6.07) is -2.94. The summed E-state index contributed by atoms with van der Waals surface area (Å²) in [7, 11) is 0. The predicted octanol–water partition coefficient (Wildman–Crippen LogP) is 0.701. The van der Waals surface area contributed by atoms with E-state index in [1.54, 1.807) is 0 Å². The van der Waals surface area contributed by atoms with Crippen molar-refractivity contribution in [3.05, 3.63) is 44.4 Å². The first-order valence-electron chi connectivity index (χ1n) is 3.16. The van der Waals surface area contributed by atoms with Crippen LogP contribution in [0.4, 0.5) is 8.78 Å². The normalized spacial score (nSPS) is 11.2. The van der Waals surface area contributed by atoms with Gasteiger partial charge in [0.25, 0.3) is 0 Å². The van der Waals surface area contributed by atoms with Gasteiger partial charge in [0.15, 0.2) is 0 Å². The maximum atomic E-state index is 12.6. The van der Waals surface area contributed by atoms with Crippen LogP contribution in [0.15, 0.2) is 23.1 Å². The third-order valence-electron chi connectivity index (χ3n) is 1.35. The molecular formula is C6H4F2N2O3. The van der Waals surface area contributed by atoms with Crippen LogP contribution < -0.4 is 5.56 Å². The first-order chi connectivity index (χ1) is 5.94. The Balaban J connectivity index is 3.22. The van der Waals surface area contributed by atoms with Gasteiger partial charge in [-0.2, -0.15) is 0 Å². The Bertz CT molecular complexity index is 387. The monoisotopic (exact) mass is 190 g/mol. The average molecular weight is 190 g/mol. The van der Waals surface area contributed by atoms with Gasteiger partial charge in [-0.05, 0) is 6.07 Å². The SMILES string of the molecule is O=c1cc(C(F)(F)[N+](=O)[O-])cc[nH]1. The van der Waals surface area contributed by atoms with Crippen LogP contribution in [0, 0.1) is 10.1 Å². The van der Waals surface area contributed by atoms with Crippen molar-refractivity contribution < 1.29 is 13.7 Å². The Morgan fingerprint density at radius 1 is 1.54 bits per heavy atom. The Hall–Kier alpha value is -1.79. The van der Waals surface area contributed by atoms with E-state index in [2.05, 4.69) is 4.98 Å². The number of nitro groups is 1. The van der Waals surface area contributed by atoms with Crippen molar-refractivity contribution in [2.75, 3.05) is 0 Å². The smallest absolute Gasteiger partial charge is 0.329 e. The molecule has 70 valence electrons. The molecule has 0 radical (unpaired) electrons. The number of halogens is 2. The van der Waals surface area contributed by atoms with Gasteiger partial charge in [-0.1, -0.05) is 0 Å². The van der Waals surface area contributed by atoms with Crippen molar-refractivity contribution in [3.63, 3.8) is 0 Å². The van der Waals surface area contributed by atoms with Gasteiger partial charge in [-0.25, -0.2) is 0 Å². The minimum Gasteiger partial charge on any atom is -0.329 e. The Morgan fingerprint density at radius 2 is 2.15 bits per heavy atom. The average Bonchev–Trinajstić information content (AvgIpc) is 2.04. The molecular weight excluding hydrogens is 186 g/mol. The second-order valence-corrected chi connectivity index (χ2v) is 2.24. The third-order valence-corrected chi connectivity index (χ3v) is 1.35. The molecule has 7 heteroatoms. The highest BCUT2D eigenvalue weighted by molar-refractivity contribution is 5.13. The molecule has 0 aliphatic heterocycles. The summed E-state index contributed by atoms with van der Waals surface area (Å²) in [6.07, 6.45) is 0.926. The fourth-order valence-corrected chi connectivity index (χ4v) is 0.737. The predicted molar refractivity (Wildman–Crippen MR) is 38.0 cm³/mol. The van der Waals surface area contributed by atoms with Gasteiger partial charge < -0.3 is 4.98 Å². The lowest BCUT2D eigenvalue weighted by atomic mass is 10.2. The number of nitrogens with one attached hydrogen (secondary N) is 1. The number of hydrogen-bond donors (Lipinski definition) is 1. The highest BCUT2D eigenvalue weighted by atomic mass is 19.3. The molecule has 13 heavy (non-hydrogen) atoms. The lowest BCUT2D eigenvalue weighted by Crippen LogP contribution is -2.26. The zero-order chi connectivity index (χ0) is 10.1. The van der Waals surface area contributed by atoms with Crippen LogP contribution >= 0.6 is 0 Å². The van der Waals surface area contributed by atoms with Crippen molar-refractivity contribution in [2.45, 2.75) is 6.05 Å². The second kappa shape index (κ2) is 2.92. The zero-order valence-electron chi connectivity index (χ0n) is 6.16. The van der Waals surface area contributed by atoms with E-state index in [9.17, 15) is 23.7 Å². The van der Waals surface area contributed by atoms with Crippen LogP contribution in [0.2, 0.25) is 0 Å². The number of nitrogens with zero attached hydrogens (tertiary/aromatic N) is 1. The van der Waals surface area contributed by atoms with E-state index in [4.69, 9.17) is 0 Å². The van der Waals surface area contributed by atoms with E-state index in [0.717, 1.165) is 12.3 Å². The molecule has 1 N–H and O–H groups in total. The largest absolute Gasteiger partial charge is 0.539 e. The van der Waals surface area contributed by atoms with E-state index in [1.807, 2.05) is 0 Å². The molecule has 0 aliphatic rings. The lowest BCUT2D eigenvalue weighted by Gasteiger charge is -2.05. The highest BCUT2D eigenvalue weighted by Crippen LogP contribution is 2.26. The van der Waals surface area contributed by atoms with Crippen molar-refractivity contribution in [1.29, 1.82) is 0 Å². The van der Waals surface area contributed by atoms with Gasteiger partial charge in [0.2, 0.25) is 5.56 Å². The summed E-state index contributed by atoms with van der Waals surface area (Å²) < 4.78 is 25.2. The van der Waals surface area contributed by atoms with E-state index in [-0.39, 0.29) is 0 Å². The van der Waals surface area contributed by atoms with Crippen molar-refractivity contribution in [2.24, 2.45) is 0 Å². The van der Waals surface area contributed by atoms with E-state index in [0.29, 0.717) is 6.07 Å². The molecule has 1 aromatic heterocycles. The molecule has 0 fully saturated rings. The highest BCUT2D eigenvalue weighted by Gasteiger charge is 2.46. The minimum absolute atomic E-state index is 0.489. The summed E-state index contributed by atoms with van der Waals surface area (Å²) in [5.74, 6) is 0. The fraction of sp³-hybridized carbons (Fsp3) is 0.167. The summed E-state index contributed by atoms with van der Waals surface area (Å²) in [5, 5.41) is 9.88. The first-order valence-corrected chi connectivity index (χ1v) is 3.16. The number of hydrogen-bond acceptors (Lipinski definition) is 3. The molecule has 1 heterocycles. The number of aromatic nitrogens is 1. The van der Waals surface area contributed by atoms with Gasteiger partial charge in [0.05, 0.1) is 0 Å². The molecule has 1 rings (SSSR count).